The van der Waals surface area contributed by atoms with Gasteiger partial charge in [-0.15, -0.1) is 11.6 Å². The van der Waals surface area contributed by atoms with E-state index in [0.29, 0.717) is 18.9 Å². The first-order valence-corrected chi connectivity index (χ1v) is 6.80. The molecule has 0 aliphatic carbocycles. The van der Waals surface area contributed by atoms with Gasteiger partial charge in [-0.2, -0.15) is 0 Å². The summed E-state index contributed by atoms with van der Waals surface area (Å²) in [5.41, 5.74) is 1.52. The third-order valence-corrected chi connectivity index (χ3v) is 3.82. The molecule has 2 rings (SSSR count). The largest absolute Gasteiger partial charge is 0.381 e. The van der Waals surface area contributed by atoms with Crippen molar-refractivity contribution in [1.82, 2.24) is 0 Å². The van der Waals surface area contributed by atoms with Crippen molar-refractivity contribution >= 4 is 23.0 Å². The van der Waals surface area contributed by atoms with Crippen molar-refractivity contribution in [2.24, 2.45) is 0 Å². The third-order valence-electron chi connectivity index (χ3n) is 3.51. The first-order valence-electron chi connectivity index (χ1n) is 6.27. The molecule has 104 valence electrons. The zero-order valence-electron chi connectivity index (χ0n) is 10.8. The van der Waals surface area contributed by atoms with Gasteiger partial charge in [0, 0.05) is 38.2 Å². The highest BCUT2D eigenvalue weighted by Crippen LogP contribution is 2.32. The lowest BCUT2D eigenvalue weighted by molar-refractivity contribution is -0.384. The molecule has 19 heavy (non-hydrogen) atoms. The summed E-state index contributed by atoms with van der Waals surface area (Å²) in [5.74, 6) is 0.280. The topological polar surface area (TPSA) is 55.6 Å². The highest BCUT2D eigenvalue weighted by molar-refractivity contribution is 6.17. The van der Waals surface area contributed by atoms with Crippen LogP contribution in [0, 0.1) is 10.1 Å². The average molecular weight is 285 g/mol. The number of halogens is 1. The fourth-order valence-electron chi connectivity index (χ4n) is 2.37. The molecule has 0 amide bonds. The van der Waals surface area contributed by atoms with Crippen molar-refractivity contribution in [3.8, 4) is 0 Å². The normalized spacial score (nSPS) is 16.3. The minimum atomic E-state index is -0.346. The van der Waals surface area contributed by atoms with E-state index >= 15 is 0 Å². The molecular formula is C13H17ClN2O3. The van der Waals surface area contributed by atoms with Crippen molar-refractivity contribution in [2.45, 2.75) is 24.8 Å². The standard InChI is InChI=1S/C13H17ClN2O3/c1-15(11-4-6-19-7-5-11)12-3-2-10(9-14)8-13(12)16(17)18/h2-3,8,11H,4-7,9H2,1H3. The van der Waals surface area contributed by atoms with E-state index < -0.39 is 0 Å². The Morgan fingerprint density at radius 2 is 2.16 bits per heavy atom. The fraction of sp³-hybridized carbons (Fsp3) is 0.538. The minimum Gasteiger partial charge on any atom is -0.381 e. The van der Waals surface area contributed by atoms with Crippen molar-refractivity contribution in [1.29, 1.82) is 0 Å². The Labute approximate surface area is 117 Å². The van der Waals surface area contributed by atoms with Crippen molar-refractivity contribution in [3.63, 3.8) is 0 Å². The number of nitro benzene ring substituents is 1. The van der Waals surface area contributed by atoms with Gasteiger partial charge < -0.3 is 9.64 Å². The number of hydrogen-bond acceptors (Lipinski definition) is 4. The Morgan fingerprint density at radius 3 is 2.74 bits per heavy atom. The van der Waals surface area contributed by atoms with Gasteiger partial charge in [0.2, 0.25) is 0 Å². The summed E-state index contributed by atoms with van der Waals surface area (Å²) in [5, 5.41) is 11.2. The molecule has 5 nitrogen and oxygen atoms in total. The first kappa shape index (κ1) is 14.1. The summed E-state index contributed by atoms with van der Waals surface area (Å²) in [6, 6.07) is 5.46. The Balaban J connectivity index is 2.29. The van der Waals surface area contributed by atoms with Crippen LogP contribution in [0.15, 0.2) is 18.2 Å². The predicted molar refractivity (Wildman–Crippen MR) is 74.9 cm³/mol. The quantitative estimate of drug-likeness (QED) is 0.484. The maximum atomic E-state index is 11.2. The van der Waals surface area contributed by atoms with Crippen molar-refractivity contribution in [3.05, 3.63) is 33.9 Å². The van der Waals surface area contributed by atoms with Crippen LogP contribution in [-0.4, -0.2) is 31.2 Å². The molecule has 0 aromatic heterocycles. The molecule has 1 heterocycles. The summed E-state index contributed by atoms with van der Waals surface area (Å²) in [7, 11) is 1.90. The van der Waals surface area contributed by atoms with E-state index in [0.717, 1.165) is 18.4 Å². The number of nitro groups is 1. The zero-order chi connectivity index (χ0) is 13.8. The monoisotopic (exact) mass is 284 g/mol. The molecular weight excluding hydrogens is 268 g/mol. The summed E-state index contributed by atoms with van der Waals surface area (Å²) < 4.78 is 5.32. The molecule has 0 N–H and O–H groups in total. The maximum Gasteiger partial charge on any atom is 0.292 e. The molecule has 0 unspecified atom stereocenters. The van der Waals surface area contributed by atoms with Crippen LogP contribution in [0.5, 0.6) is 0 Å². The SMILES string of the molecule is CN(c1ccc(CCl)cc1[N+](=O)[O-])C1CCOCC1. The van der Waals surface area contributed by atoms with Gasteiger partial charge in [-0.1, -0.05) is 6.07 Å². The molecule has 1 fully saturated rings. The highest BCUT2D eigenvalue weighted by atomic mass is 35.5. The molecule has 6 heteroatoms. The van der Waals surface area contributed by atoms with E-state index in [1.165, 1.54) is 0 Å². The molecule has 0 bridgehead atoms. The lowest BCUT2D eigenvalue weighted by Gasteiger charge is -2.32. The van der Waals surface area contributed by atoms with Gasteiger partial charge in [-0.3, -0.25) is 10.1 Å². The van der Waals surface area contributed by atoms with Crippen LogP contribution >= 0.6 is 11.6 Å². The van der Waals surface area contributed by atoms with E-state index in [2.05, 4.69) is 0 Å². The van der Waals surface area contributed by atoms with Crippen LogP contribution in [-0.2, 0) is 10.6 Å². The van der Waals surface area contributed by atoms with E-state index in [9.17, 15) is 10.1 Å². The van der Waals surface area contributed by atoms with E-state index in [-0.39, 0.29) is 22.5 Å². The predicted octanol–water partition coefficient (Wildman–Crippen LogP) is 2.95. The zero-order valence-corrected chi connectivity index (χ0v) is 11.6. The second kappa shape index (κ2) is 6.21. The van der Waals surface area contributed by atoms with Crippen LogP contribution < -0.4 is 4.90 Å². The Kier molecular flexibility index (Phi) is 4.61. The second-order valence-corrected chi connectivity index (χ2v) is 4.94. The van der Waals surface area contributed by atoms with Gasteiger partial charge >= 0.3 is 0 Å². The Bertz CT molecular complexity index is 461. The number of ether oxygens (including phenoxy) is 1. The first-order chi connectivity index (χ1) is 9.13. The van der Waals surface area contributed by atoms with Crippen LogP contribution in [0.3, 0.4) is 0 Å². The number of benzene rings is 1. The molecule has 1 aliphatic heterocycles. The average Bonchev–Trinajstić information content (AvgIpc) is 2.46. The number of nitrogens with zero attached hydrogens (tertiary/aromatic N) is 2. The Hall–Kier alpha value is -1.33. The van der Waals surface area contributed by atoms with E-state index in [1.807, 2.05) is 18.0 Å². The molecule has 1 aromatic carbocycles. The molecule has 0 saturated carbocycles. The summed E-state index contributed by atoms with van der Waals surface area (Å²) in [6.07, 6.45) is 1.79. The fourth-order valence-corrected chi connectivity index (χ4v) is 2.53. The van der Waals surface area contributed by atoms with E-state index in [1.54, 1.807) is 12.1 Å². The summed E-state index contributed by atoms with van der Waals surface area (Å²) in [6.45, 7) is 1.42. The van der Waals surface area contributed by atoms with Gasteiger partial charge in [0.05, 0.1) is 4.92 Å². The molecule has 0 spiro atoms. The third kappa shape index (κ3) is 3.16. The lowest BCUT2D eigenvalue weighted by Crippen LogP contribution is -2.36. The maximum absolute atomic E-state index is 11.2. The lowest BCUT2D eigenvalue weighted by atomic mass is 10.1. The number of anilines is 1. The molecule has 1 aromatic rings. The van der Waals surface area contributed by atoms with Crippen LogP contribution in [0.25, 0.3) is 0 Å². The van der Waals surface area contributed by atoms with Crippen LogP contribution in [0.2, 0.25) is 0 Å². The molecule has 0 atom stereocenters. The summed E-state index contributed by atoms with van der Waals surface area (Å²) in [4.78, 5) is 12.8. The molecule has 0 radical (unpaired) electrons. The van der Waals surface area contributed by atoms with Gasteiger partial charge in [0.25, 0.3) is 5.69 Å². The minimum absolute atomic E-state index is 0.118. The van der Waals surface area contributed by atoms with Crippen molar-refractivity contribution in [2.75, 3.05) is 25.2 Å². The summed E-state index contributed by atoms with van der Waals surface area (Å²) >= 11 is 5.73. The van der Waals surface area contributed by atoms with Gasteiger partial charge in [-0.25, -0.2) is 0 Å². The van der Waals surface area contributed by atoms with Gasteiger partial charge in [0.15, 0.2) is 0 Å². The number of rotatable bonds is 4. The molecule has 1 saturated heterocycles. The smallest absolute Gasteiger partial charge is 0.292 e. The number of alkyl halides is 1. The Morgan fingerprint density at radius 1 is 1.47 bits per heavy atom. The highest BCUT2D eigenvalue weighted by Gasteiger charge is 2.24. The second-order valence-electron chi connectivity index (χ2n) is 4.67. The van der Waals surface area contributed by atoms with Crippen LogP contribution in [0.1, 0.15) is 18.4 Å². The number of hydrogen-bond donors (Lipinski definition) is 0. The van der Waals surface area contributed by atoms with E-state index in [4.69, 9.17) is 16.3 Å². The molecule has 1 aliphatic rings. The van der Waals surface area contributed by atoms with Crippen molar-refractivity contribution < 1.29 is 9.66 Å². The van der Waals surface area contributed by atoms with Gasteiger partial charge in [-0.05, 0) is 24.5 Å². The van der Waals surface area contributed by atoms with Crippen LogP contribution in [0.4, 0.5) is 11.4 Å². The van der Waals surface area contributed by atoms with Gasteiger partial charge in [0.1, 0.15) is 5.69 Å².